The first-order valence-corrected chi connectivity index (χ1v) is 10.3. The topological polar surface area (TPSA) is 118 Å². The molecule has 0 amide bonds. The summed E-state index contributed by atoms with van der Waals surface area (Å²) in [5, 5.41) is 17.0. The van der Waals surface area contributed by atoms with Crippen LogP contribution in [0, 0.1) is 6.92 Å². The van der Waals surface area contributed by atoms with E-state index in [0.29, 0.717) is 35.4 Å². The molecule has 5 aromatic rings. The number of nitrogens with zero attached hydrogens (tertiary/aromatic N) is 6. The Labute approximate surface area is 188 Å². The molecule has 0 aliphatic rings. The number of pyridine rings is 1. The Kier molecular flexibility index (Phi) is 5.19. The van der Waals surface area contributed by atoms with Crippen molar-refractivity contribution < 1.29 is 9.90 Å². The third-order valence-corrected chi connectivity index (χ3v) is 5.00. The monoisotopic (exact) mass is 437 g/mol. The lowest BCUT2D eigenvalue weighted by atomic mass is 10.1. The van der Waals surface area contributed by atoms with Gasteiger partial charge in [-0.25, -0.2) is 29.2 Å². The Morgan fingerprint density at radius 1 is 1.03 bits per heavy atom. The van der Waals surface area contributed by atoms with Crippen LogP contribution in [0.5, 0.6) is 0 Å². The SMILES string of the molecule is Cc1cccc(-c2nc(Nc3ccnc(Cc4cccc(C(=O)O)c4)n3)c3cccn3n2)n1. The molecular formula is C24H19N7O2. The summed E-state index contributed by atoms with van der Waals surface area (Å²) >= 11 is 0. The minimum Gasteiger partial charge on any atom is -0.478 e. The number of hydrogen-bond donors (Lipinski definition) is 2. The van der Waals surface area contributed by atoms with E-state index in [2.05, 4.69) is 25.4 Å². The molecule has 162 valence electrons. The molecule has 4 aromatic heterocycles. The highest BCUT2D eigenvalue weighted by atomic mass is 16.4. The fraction of sp³-hybridized carbons (Fsp3) is 0.0833. The van der Waals surface area contributed by atoms with E-state index in [-0.39, 0.29) is 5.56 Å². The first-order chi connectivity index (χ1) is 16.0. The van der Waals surface area contributed by atoms with Gasteiger partial charge in [0.25, 0.3) is 0 Å². The van der Waals surface area contributed by atoms with Crippen LogP contribution in [0.4, 0.5) is 11.6 Å². The molecule has 5 rings (SSSR count). The van der Waals surface area contributed by atoms with Gasteiger partial charge in [0.15, 0.2) is 5.82 Å². The van der Waals surface area contributed by atoms with Gasteiger partial charge < -0.3 is 10.4 Å². The third kappa shape index (κ3) is 4.38. The van der Waals surface area contributed by atoms with Crippen LogP contribution in [0.2, 0.25) is 0 Å². The smallest absolute Gasteiger partial charge is 0.335 e. The fourth-order valence-corrected chi connectivity index (χ4v) is 3.47. The number of fused-ring (bicyclic) bond motifs is 1. The van der Waals surface area contributed by atoms with Gasteiger partial charge in [0, 0.05) is 24.5 Å². The van der Waals surface area contributed by atoms with E-state index in [1.165, 1.54) is 0 Å². The average molecular weight is 437 g/mol. The maximum Gasteiger partial charge on any atom is 0.335 e. The standard InChI is InChI=1S/C24H19N7O2/c1-15-5-2-8-18(26-15)22-29-23(19-9-4-12-31(19)30-22)28-20-10-11-25-21(27-20)14-16-6-3-7-17(13-16)24(32)33/h2-13H,14H2,1H3,(H,32,33)(H,25,27,28,29,30). The Morgan fingerprint density at radius 3 is 2.76 bits per heavy atom. The van der Waals surface area contributed by atoms with Crippen LogP contribution in [-0.2, 0) is 6.42 Å². The summed E-state index contributed by atoms with van der Waals surface area (Å²) in [4.78, 5) is 29.4. The van der Waals surface area contributed by atoms with Gasteiger partial charge in [-0.3, -0.25) is 0 Å². The molecular weight excluding hydrogens is 418 g/mol. The summed E-state index contributed by atoms with van der Waals surface area (Å²) in [5.41, 5.74) is 3.40. The molecule has 0 radical (unpaired) electrons. The number of aromatic nitrogens is 6. The first-order valence-electron chi connectivity index (χ1n) is 10.3. The number of carboxylic acid groups (broad SMARTS) is 1. The van der Waals surface area contributed by atoms with E-state index in [0.717, 1.165) is 16.8 Å². The van der Waals surface area contributed by atoms with Crippen molar-refractivity contribution >= 4 is 23.1 Å². The van der Waals surface area contributed by atoms with Gasteiger partial charge in [-0.05, 0) is 55.0 Å². The molecule has 0 atom stereocenters. The van der Waals surface area contributed by atoms with E-state index in [1.54, 1.807) is 35.0 Å². The summed E-state index contributed by atoms with van der Waals surface area (Å²) in [5.74, 6) is 1.24. The van der Waals surface area contributed by atoms with E-state index in [9.17, 15) is 9.90 Å². The molecule has 0 fully saturated rings. The normalized spacial score (nSPS) is 10.9. The second kappa shape index (κ2) is 8.46. The lowest BCUT2D eigenvalue weighted by Crippen LogP contribution is -2.06. The van der Waals surface area contributed by atoms with Gasteiger partial charge >= 0.3 is 5.97 Å². The number of benzene rings is 1. The van der Waals surface area contributed by atoms with Crippen molar-refractivity contribution in [3.63, 3.8) is 0 Å². The van der Waals surface area contributed by atoms with Crippen molar-refractivity contribution in [2.24, 2.45) is 0 Å². The molecule has 2 N–H and O–H groups in total. The van der Waals surface area contributed by atoms with Crippen LogP contribution in [0.15, 0.2) is 73.1 Å². The molecule has 0 aliphatic carbocycles. The number of hydrogen-bond acceptors (Lipinski definition) is 7. The first kappa shape index (κ1) is 20.3. The van der Waals surface area contributed by atoms with Gasteiger partial charge in [-0.1, -0.05) is 18.2 Å². The summed E-state index contributed by atoms with van der Waals surface area (Å²) < 4.78 is 1.74. The van der Waals surface area contributed by atoms with Crippen LogP contribution >= 0.6 is 0 Å². The maximum absolute atomic E-state index is 11.2. The van der Waals surface area contributed by atoms with Crippen molar-refractivity contribution in [1.82, 2.24) is 29.5 Å². The molecule has 0 saturated heterocycles. The van der Waals surface area contributed by atoms with Crippen LogP contribution in [0.1, 0.15) is 27.4 Å². The molecule has 0 unspecified atom stereocenters. The summed E-state index contributed by atoms with van der Waals surface area (Å²) in [6, 6.07) is 18.0. The predicted octanol–water partition coefficient (Wildman–Crippen LogP) is 3.92. The molecule has 33 heavy (non-hydrogen) atoms. The van der Waals surface area contributed by atoms with Crippen molar-refractivity contribution in [2.45, 2.75) is 13.3 Å². The molecule has 9 heteroatoms. The van der Waals surface area contributed by atoms with Crippen molar-refractivity contribution in [3.05, 3.63) is 95.7 Å². The van der Waals surface area contributed by atoms with E-state index < -0.39 is 5.97 Å². The second-order valence-electron chi connectivity index (χ2n) is 7.45. The zero-order chi connectivity index (χ0) is 22.8. The summed E-state index contributed by atoms with van der Waals surface area (Å²) in [6.45, 7) is 1.92. The van der Waals surface area contributed by atoms with Gasteiger partial charge in [-0.2, -0.15) is 0 Å². The Balaban J connectivity index is 1.46. The molecule has 0 saturated carbocycles. The molecule has 1 aromatic carbocycles. The Morgan fingerprint density at radius 2 is 1.91 bits per heavy atom. The van der Waals surface area contributed by atoms with Crippen molar-refractivity contribution in [1.29, 1.82) is 0 Å². The van der Waals surface area contributed by atoms with Crippen LogP contribution in [0.3, 0.4) is 0 Å². The van der Waals surface area contributed by atoms with Crippen molar-refractivity contribution in [3.8, 4) is 11.5 Å². The zero-order valence-electron chi connectivity index (χ0n) is 17.7. The third-order valence-electron chi connectivity index (χ3n) is 5.00. The Bertz CT molecular complexity index is 1480. The van der Waals surface area contributed by atoms with Gasteiger partial charge in [0.05, 0.1) is 5.56 Å². The van der Waals surface area contributed by atoms with Crippen LogP contribution in [-0.4, -0.2) is 40.6 Å². The lowest BCUT2D eigenvalue weighted by Gasteiger charge is -2.10. The highest BCUT2D eigenvalue weighted by Gasteiger charge is 2.12. The lowest BCUT2D eigenvalue weighted by molar-refractivity contribution is 0.0696. The number of carbonyl (C=O) groups is 1. The number of carboxylic acids is 1. The maximum atomic E-state index is 11.2. The highest BCUT2D eigenvalue weighted by Crippen LogP contribution is 2.22. The fourth-order valence-electron chi connectivity index (χ4n) is 3.47. The molecule has 4 heterocycles. The molecule has 0 aliphatic heterocycles. The van der Waals surface area contributed by atoms with Gasteiger partial charge in [0.1, 0.15) is 22.9 Å². The van der Waals surface area contributed by atoms with Crippen molar-refractivity contribution in [2.75, 3.05) is 5.32 Å². The number of nitrogens with one attached hydrogen (secondary N) is 1. The summed E-state index contributed by atoms with van der Waals surface area (Å²) in [7, 11) is 0. The highest BCUT2D eigenvalue weighted by molar-refractivity contribution is 5.87. The number of aryl methyl sites for hydroxylation is 1. The minimum atomic E-state index is -0.966. The van der Waals surface area contributed by atoms with E-state index in [1.807, 2.05) is 49.5 Å². The largest absolute Gasteiger partial charge is 0.478 e. The molecule has 0 bridgehead atoms. The number of aromatic carboxylic acids is 1. The number of rotatable bonds is 6. The number of anilines is 2. The van der Waals surface area contributed by atoms with Crippen LogP contribution in [0.25, 0.3) is 17.0 Å². The minimum absolute atomic E-state index is 0.232. The van der Waals surface area contributed by atoms with E-state index in [4.69, 9.17) is 4.98 Å². The summed E-state index contributed by atoms with van der Waals surface area (Å²) in [6.07, 6.45) is 3.91. The molecule has 9 nitrogen and oxygen atoms in total. The average Bonchev–Trinajstić information content (AvgIpc) is 3.29. The zero-order valence-corrected chi connectivity index (χ0v) is 17.7. The Hall–Kier alpha value is -4.66. The van der Waals surface area contributed by atoms with Gasteiger partial charge in [-0.15, -0.1) is 5.10 Å². The quantitative estimate of drug-likeness (QED) is 0.410. The predicted molar refractivity (Wildman–Crippen MR) is 122 cm³/mol. The molecule has 0 spiro atoms. The van der Waals surface area contributed by atoms with E-state index >= 15 is 0 Å². The van der Waals surface area contributed by atoms with Crippen LogP contribution < -0.4 is 5.32 Å². The second-order valence-corrected chi connectivity index (χ2v) is 7.45. The van der Waals surface area contributed by atoms with Gasteiger partial charge in [0.2, 0.25) is 5.82 Å².